The summed E-state index contributed by atoms with van der Waals surface area (Å²) in [7, 11) is 1.64. The highest BCUT2D eigenvalue weighted by molar-refractivity contribution is 7.22. The normalized spacial score (nSPS) is 17.3. The molecule has 1 fully saturated rings. The standard InChI is InChI=1S/C22H26N4O3S/c1-29-16-7-5-15(6-8-16)18-11-17-21(30-18)22(28)25-20(24-17)13-26-10-2-3-14(12-26)4-9-19(23)27/h5-8,11,14H,2-4,9-10,12-13H2,1H3,(H2,23,27)(H,24,25,28). The Kier molecular flexibility index (Phi) is 6.15. The van der Waals surface area contributed by atoms with Gasteiger partial charge in [-0.05, 0) is 67.6 Å². The number of benzene rings is 1. The number of hydrogen-bond acceptors (Lipinski definition) is 6. The number of carbonyl (C=O) groups is 1. The molecule has 1 atom stereocenters. The second kappa shape index (κ2) is 8.97. The molecule has 3 heterocycles. The quantitative estimate of drug-likeness (QED) is 0.604. The van der Waals surface area contributed by atoms with E-state index in [4.69, 9.17) is 15.5 Å². The lowest BCUT2D eigenvalue weighted by Gasteiger charge is -2.32. The fraction of sp³-hybridized carbons (Fsp3) is 0.409. The highest BCUT2D eigenvalue weighted by Gasteiger charge is 2.21. The Morgan fingerprint density at radius 1 is 1.37 bits per heavy atom. The number of methoxy groups -OCH3 is 1. The van der Waals surface area contributed by atoms with Gasteiger partial charge in [0.2, 0.25) is 5.91 Å². The van der Waals surface area contributed by atoms with Gasteiger partial charge < -0.3 is 15.5 Å². The largest absolute Gasteiger partial charge is 0.497 e. The van der Waals surface area contributed by atoms with Gasteiger partial charge in [0.05, 0.1) is 19.2 Å². The topological polar surface area (TPSA) is 101 Å². The van der Waals surface area contributed by atoms with Gasteiger partial charge in [0, 0.05) is 17.8 Å². The van der Waals surface area contributed by atoms with Crippen molar-refractivity contribution in [2.75, 3.05) is 20.2 Å². The van der Waals surface area contributed by atoms with Gasteiger partial charge in [0.15, 0.2) is 0 Å². The lowest BCUT2D eigenvalue weighted by Crippen LogP contribution is -2.36. The number of H-pyrrole nitrogens is 1. The first-order valence-electron chi connectivity index (χ1n) is 10.2. The number of carbonyl (C=O) groups excluding carboxylic acids is 1. The third-order valence-electron chi connectivity index (χ3n) is 5.58. The van der Waals surface area contributed by atoms with Gasteiger partial charge in [0.1, 0.15) is 16.3 Å². The van der Waals surface area contributed by atoms with Crippen LogP contribution in [-0.2, 0) is 11.3 Å². The maximum absolute atomic E-state index is 12.7. The molecule has 1 aliphatic rings. The van der Waals surface area contributed by atoms with E-state index in [0.29, 0.717) is 29.4 Å². The number of amides is 1. The van der Waals surface area contributed by atoms with Crippen LogP contribution in [0.1, 0.15) is 31.5 Å². The van der Waals surface area contributed by atoms with Gasteiger partial charge in [-0.3, -0.25) is 14.5 Å². The number of likely N-dealkylation sites (tertiary alicyclic amines) is 1. The summed E-state index contributed by atoms with van der Waals surface area (Å²) in [5, 5.41) is 0. The Morgan fingerprint density at radius 2 is 2.17 bits per heavy atom. The Hall–Kier alpha value is -2.71. The van der Waals surface area contributed by atoms with E-state index in [1.165, 1.54) is 11.3 Å². The van der Waals surface area contributed by atoms with Crippen LogP contribution < -0.4 is 16.0 Å². The van der Waals surface area contributed by atoms with Crippen LogP contribution in [-0.4, -0.2) is 41.0 Å². The Labute approximate surface area is 178 Å². The number of ether oxygens (including phenoxy) is 1. The Bertz CT molecular complexity index is 1090. The summed E-state index contributed by atoms with van der Waals surface area (Å²) in [5.74, 6) is 1.70. The van der Waals surface area contributed by atoms with Crippen molar-refractivity contribution in [3.63, 3.8) is 0 Å². The minimum Gasteiger partial charge on any atom is -0.497 e. The van der Waals surface area contributed by atoms with Crippen molar-refractivity contribution in [3.05, 3.63) is 46.5 Å². The van der Waals surface area contributed by atoms with E-state index in [9.17, 15) is 9.59 Å². The molecule has 0 radical (unpaired) electrons. The zero-order valence-electron chi connectivity index (χ0n) is 17.0. The lowest BCUT2D eigenvalue weighted by molar-refractivity contribution is -0.118. The summed E-state index contributed by atoms with van der Waals surface area (Å²) >= 11 is 1.45. The number of nitrogens with two attached hydrogens (primary N) is 1. The molecule has 30 heavy (non-hydrogen) atoms. The molecular formula is C22H26N4O3S. The molecule has 0 aliphatic carbocycles. The number of hydrogen-bond donors (Lipinski definition) is 2. The minimum atomic E-state index is -0.242. The highest BCUT2D eigenvalue weighted by Crippen LogP contribution is 2.32. The van der Waals surface area contributed by atoms with Crippen molar-refractivity contribution in [1.29, 1.82) is 0 Å². The molecule has 8 heteroatoms. The van der Waals surface area contributed by atoms with Gasteiger partial charge >= 0.3 is 0 Å². The molecular weight excluding hydrogens is 400 g/mol. The van der Waals surface area contributed by atoms with Crippen LogP contribution in [0.5, 0.6) is 5.75 Å². The zero-order chi connectivity index (χ0) is 21.1. The average Bonchev–Trinajstić information content (AvgIpc) is 3.17. The number of fused-ring (bicyclic) bond motifs is 1. The summed E-state index contributed by atoms with van der Waals surface area (Å²) in [6.45, 7) is 2.47. The fourth-order valence-corrected chi connectivity index (χ4v) is 5.05. The number of aromatic amines is 1. The van der Waals surface area contributed by atoms with E-state index in [-0.39, 0.29) is 11.5 Å². The SMILES string of the molecule is COc1ccc(-c2cc3nc(CN4CCCC(CCC(N)=O)C4)[nH]c(=O)c3s2)cc1. The molecule has 0 bridgehead atoms. The number of rotatable bonds is 7. The molecule has 158 valence electrons. The van der Waals surface area contributed by atoms with Gasteiger partial charge in [0.25, 0.3) is 5.56 Å². The molecule has 0 saturated carbocycles. The van der Waals surface area contributed by atoms with Crippen molar-refractivity contribution in [2.24, 2.45) is 11.7 Å². The van der Waals surface area contributed by atoms with Gasteiger partial charge in [-0.2, -0.15) is 0 Å². The van der Waals surface area contributed by atoms with E-state index in [1.807, 2.05) is 30.3 Å². The fourth-order valence-electron chi connectivity index (χ4n) is 4.05. The summed E-state index contributed by atoms with van der Waals surface area (Å²) < 4.78 is 5.86. The van der Waals surface area contributed by atoms with E-state index < -0.39 is 0 Å². The van der Waals surface area contributed by atoms with E-state index in [2.05, 4.69) is 9.88 Å². The monoisotopic (exact) mass is 426 g/mol. The van der Waals surface area contributed by atoms with Crippen LogP contribution in [0.15, 0.2) is 35.1 Å². The molecule has 1 amide bonds. The van der Waals surface area contributed by atoms with E-state index in [0.717, 1.165) is 54.1 Å². The number of piperidine rings is 1. The molecule has 1 saturated heterocycles. The molecule has 1 aliphatic heterocycles. The Balaban J connectivity index is 1.51. The van der Waals surface area contributed by atoms with Crippen LogP contribution in [0.2, 0.25) is 0 Å². The first-order valence-corrected chi connectivity index (χ1v) is 11.0. The maximum Gasteiger partial charge on any atom is 0.268 e. The number of primary amides is 1. The number of nitrogens with one attached hydrogen (secondary N) is 1. The molecule has 0 spiro atoms. The highest BCUT2D eigenvalue weighted by atomic mass is 32.1. The van der Waals surface area contributed by atoms with Crippen LogP contribution in [0.3, 0.4) is 0 Å². The van der Waals surface area contributed by atoms with E-state index in [1.54, 1.807) is 7.11 Å². The summed E-state index contributed by atoms with van der Waals surface area (Å²) in [6, 6.07) is 9.77. The van der Waals surface area contributed by atoms with Crippen molar-refractivity contribution < 1.29 is 9.53 Å². The summed E-state index contributed by atoms with van der Waals surface area (Å²) in [6.07, 6.45) is 3.45. The van der Waals surface area contributed by atoms with Gasteiger partial charge in [-0.15, -0.1) is 11.3 Å². The third-order valence-corrected chi connectivity index (χ3v) is 6.75. The van der Waals surface area contributed by atoms with Crippen LogP contribution in [0.4, 0.5) is 0 Å². The molecule has 3 N–H and O–H groups in total. The summed E-state index contributed by atoms with van der Waals surface area (Å²) in [5.41, 5.74) is 6.96. The van der Waals surface area contributed by atoms with Gasteiger partial charge in [-0.25, -0.2) is 4.98 Å². The summed E-state index contributed by atoms with van der Waals surface area (Å²) in [4.78, 5) is 34.7. The second-order valence-electron chi connectivity index (χ2n) is 7.81. The number of thiophene rings is 1. The first-order chi connectivity index (χ1) is 14.5. The number of aromatic nitrogens is 2. The molecule has 4 rings (SSSR count). The third kappa shape index (κ3) is 4.71. The zero-order valence-corrected chi connectivity index (χ0v) is 17.8. The van der Waals surface area contributed by atoms with E-state index >= 15 is 0 Å². The van der Waals surface area contributed by atoms with Crippen LogP contribution in [0, 0.1) is 5.92 Å². The predicted molar refractivity (Wildman–Crippen MR) is 119 cm³/mol. The second-order valence-corrected chi connectivity index (χ2v) is 8.87. The minimum absolute atomic E-state index is 0.0953. The van der Waals surface area contributed by atoms with Crippen molar-refractivity contribution in [2.45, 2.75) is 32.2 Å². The van der Waals surface area contributed by atoms with Gasteiger partial charge in [-0.1, -0.05) is 0 Å². The molecule has 1 aromatic carbocycles. The van der Waals surface area contributed by atoms with Crippen molar-refractivity contribution in [3.8, 4) is 16.2 Å². The average molecular weight is 427 g/mol. The first kappa shape index (κ1) is 20.6. The molecule has 1 unspecified atom stereocenters. The molecule has 3 aromatic rings. The predicted octanol–water partition coefficient (Wildman–Crippen LogP) is 3.14. The lowest BCUT2D eigenvalue weighted by atomic mass is 9.93. The van der Waals surface area contributed by atoms with Crippen LogP contribution in [0.25, 0.3) is 20.7 Å². The van der Waals surface area contributed by atoms with Crippen molar-refractivity contribution >= 4 is 27.5 Å². The maximum atomic E-state index is 12.7. The van der Waals surface area contributed by atoms with Crippen LogP contribution >= 0.6 is 11.3 Å². The molecule has 7 nitrogen and oxygen atoms in total. The Morgan fingerprint density at radius 3 is 2.90 bits per heavy atom. The smallest absolute Gasteiger partial charge is 0.268 e. The molecule has 2 aromatic heterocycles. The van der Waals surface area contributed by atoms with Crippen molar-refractivity contribution in [1.82, 2.24) is 14.9 Å². The number of nitrogens with zero attached hydrogens (tertiary/aromatic N) is 2.